The Labute approximate surface area is 203 Å². The number of benzene rings is 2. The van der Waals surface area contributed by atoms with E-state index >= 15 is 0 Å². The van der Waals surface area contributed by atoms with E-state index in [1.807, 2.05) is 24.3 Å². The molecule has 2 aliphatic heterocycles. The quantitative estimate of drug-likeness (QED) is 0.555. The van der Waals surface area contributed by atoms with Crippen LogP contribution in [-0.4, -0.2) is 68.0 Å². The molecule has 0 atom stereocenters. The van der Waals surface area contributed by atoms with Crippen LogP contribution in [0.25, 0.3) is 0 Å². The minimum atomic E-state index is -0.0596. The molecule has 6 nitrogen and oxygen atoms in total. The van der Waals surface area contributed by atoms with E-state index < -0.39 is 0 Å². The maximum Gasteiger partial charge on any atom is 0.227 e. The Morgan fingerprint density at radius 1 is 1.00 bits per heavy atom. The highest BCUT2D eigenvalue weighted by molar-refractivity contribution is 5.79. The maximum atomic E-state index is 13.5. The van der Waals surface area contributed by atoms with E-state index in [1.54, 1.807) is 7.11 Å². The number of ether oxygens (including phenoxy) is 3. The fourth-order valence-electron chi connectivity index (χ4n) is 4.78. The molecular weight excluding hydrogens is 428 g/mol. The summed E-state index contributed by atoms with van der Waals surface area (Å²) in [6, 6.07) is 16.6. The number of methoxy groups -OCH3 is 1. The Morgan fingerprint density at radius 3 is 2.29 bits per heavy atom. The van der Waals surface area contributed by atoms with Crippen LogP contribution in [0, 0.1) is 6.92 Å². The first-order valence-electron chi connectivity index (χ1n) is 12.5. The molecule has 34 heavy (non-hydrogen) atoms. The van der Waals surface area contributed by atoms with Gasteiger partial charge in [-0.2, -0.15) is 0 Å². The summed E-state index contributed by atoms with van der Waals surface area (Å²) in [4.78, 5) is 18.1. The van der Waals surface area contributed by atoms with Crippen molar-refractivity contribution in [3.63, 3.8) is 0 Å². The molecule has 0 spiro atoms. The fraction of sp³-hybridized carbons (Fsp3) is 0.536. The average Bonchev–Trinajstić information content (AvgIpc) is 2.88. The average molecular weight is 467 g/mol. The van der Waals surface area contributed by atoms with E-state index in [1.165, 1.54) is 11.1 Å². The molecule has 2 aromatic carbocycles. The Balaban J connectivity index is 1.37. The van der Waals surface area contributed by atoms with Crippen LogP contribution in [0.2, 0.25) is 0 Å². The number of carbonyl (C=O) groups excluding carboxylic acids is 1. The summed E-state index contributed by atoms with van der Waals surface area (Å²) in [7, 11) is 1.66. The van der Waals surface area contributed by atoms with Crippen LogP contribution in [0.4, 0.5) is 0 Å². The van der Waals surface area contributed by atoms with E-state index in [9.17, 15) is 4.79 Å². The van der Waals surface area contributed by atoms with Gasteiger partial charge in [0.2, 0.25) is 5.91 Å². The van der Waals surface area contributed by atoms with E-state index in [0.29, 0.717) is 13.0 Å². The number of nitrogens with zero attached hydrogens (tertiary/aromatic N) is 2. The summed E-state index contributed by atoms with van der Waals surface area (Å²) in [5, 5.41) is 0. The Kier molecular flexibility index (Phi) is 8.97. The van der Waals surface area contributed by atoms with Gasteiger partial charge in [-0.25, -0.2) is 0 Å². The molecule has 2 saturated heterocycles. The molecule has 4 rings (SSSR count). The summed E-state index contributed by atoms with van der Waals surface area (Å²) in [5.74, 6) is 0.998. The molecule has 0 unspecified atom stereocenters. The highest BCUT2D eigenvalue weighted by Crippen LogP contribution is 2.22. The van der Waals surface area contributed by atoms with Crippen molar-refractivity contribution in [2.75, 3.05) is 40.0 Å². The maximum absolute atomic E-state index is 13.5. The zero-order valence-corrected chi connectivity index (χ0v) is 20.6. The van der Waals surface area contributed by atoms with Crippen molar-refractivity contribution >= 4 is 5.91 Å². The van der Waals surface area contributed by atoms with Gasteiger partial charge in [0, 0.05) is 38.6 Å². The van der Waals surface area contributed by atoms with Crippen LogP contribution < -0.4 is 4.74 Å². The molecule has 0 bridgehead atoms. The van der Waals surface area contributed by atoms with Gasteiger partial charge in [0.25, 0.3) is 0 Å². The molecule has 0 saturated carbocycles. The minimum Gasteiger partial charge on any atom is -0.497 e. The first-order chi connectivity index (χ1) is 16.6. The van der Waals surface area contributed by atoms with Gasteiger partial charge in [0.15, 0.2) is 6.29 Å². The molecule has 2 fully saturated rings. The van der Waals surface area contributed by atoms with Crippen molar-refractivity contribution in [3.8, 4) is 5.75 Å². The molecule has 2 aromatic rings. The fourth-order valence-corrected chi connectivity index (χ4v) is 4.78. The Bertz CT molecular complexity index is 886. The van der Waals surface area contributed by atoms with E-state index in [0.717, 1.165) is 69.8 Å². The van der Waals surface area contributed by atoms with Crippen LogP contribution in [-0.2, 0) is 27.2 Å². The summed E-state index contributed by atoms with van der Waals surface area (Å²) >= 11 is 0. The molecule has 2 heterocycles. The molecule has 0 N–H and O–H groups in total. The molecule has 1 amide bonds. The van der Waals surface area contributed by atoms with Crippen LogP contribution >= 0.6 is 0 Å². The van der Waals surface area contributed by atoms with Crippen LogP contribution in [0.3, 0.4) is 0 Å². The minimum absolute atomic E-state index is 0.0596. The van der Waals surface area contributed by atoms with Crippen LogP contribution in [0.15, 0.2) is 48.5 Å². The number of aryl methyl sites for hydroxylation is 1. The van der Waals surface area contributed by atoms with E-state index in [-0.39, 0.29) is 18.2 Å². The monoisotopic (exact) mass is 466 g/mol. The third-order valence-electron chi connectivity index (χ3n) is 6.88. The summed E-state index contributed by atoms with van der Waals surface area (Å²) in [6.45, 7) is 7.33. The van der Waals surface area contributed by atoms with Crippen molar-refractivity contribution in [3.05, 3.63) is 65.2 Å². The van der Waals surface area contributed by atoms with Gasteiger partial charge in [-0.1, -0.05) is 42.0 Å². The number of hydrogen-bond donors (Lipinski definition) is 0. The number of rotatable bonds is 9. The van der Waals surface area contributed by atoms with Gasteiger partial charge in [-0.3, -0.25) is 4.79 Å². The summed E-state index contributed by atoms with van der Waals surface area (Å²) in [6.07, 6.45) is 4.24. The van der Waals surface area contributed by atoms with Crippen molar-refractivity contribution in [2.45, 2.75) is 57.9 Å². The van der Waals surface area contributed by atoms with Gasteiger partial charge in [0.05, 0.1) is 26.7 Å². The molecule has 0 aromatic heterocycles. The summed E-state index contributed by atoms with van der Waals surface area (Å²) < 4.78 is 16.7. The number of piperidine rings is 1. The molecule has 184 valence electrons. The van der Waals surface area contributed by atoms with Gasteiger partial charge in [0.1, 0.15) is 5.75 Å². The van der Waals surface area contributed by atoms with Crippen molar-refractivity contribution in [2.24, 2.45) is 0 Å². The van der Waals surface area contributed by atoms with Gasteiger partial charge in [-0.05, 0) is 49.4 Å². The molecule has 0 radical (unpaired) electrons. The number of likely N-dealkylation sites (tertiary alicyclic amines) is 1. The first kappa shape index (κ1) is 24.7. The second-order valence-electron chi connectivity index (χ2n) is 9.42. The molecular formula is C28H38N2O4. The zero-order valence-electron chi connectivity index (χ0n) is 20.6. The largest absolute Gasteiger partial charge is 0.497 e. The van der Waals surface area contributed by atoms with E-state index in [4.69, 9.17) is 14.2 Å². The van der Waals surface area contributed by atoms with Crippen LogP contribution in [0.5, 0.6) is 5.75 Å². The Hall–Kier alpha value is -2.41. The lowest BCUT2D eigenvalue weighted by Crippen LogP contribution is -2.48. The third-order valence-corrected chi connectivity index (χ3v) is 6.88. The third kappa shape index (κ3) is 7.05. The highest BCUT2D eigenvalue weighted by atomic mass is 16.7. The van der Waals surface area contributed by atoms with Gasteiger partial charge in [-0.15, -0.1) is 0 Å². The second kappa shape index (κ2) is 12.3. The second-order valence-corrected chi connectivity index (χ2v) is 9.42. The first-order valence-corrected chi connectivity index (χ1v) is 12.5. The predicted molar refractivity (Wildman–Crippen MR) is 133 cm³/mol. The van der Waals surface area contributed by atoms with Crippen molar-refractivity contribution in [1.82, 2.24) is 9.80 Å². The Morgan fingerprint density at radius 2 is 1.65 bits per heavy atom. The predicted octanol–water partition coefficient (Wildman–Crippen LogP) is 4.19. The smallest absolute Gasteiger partial charge is 0.227 e. The normalized spacial score (nSPS) is 18.1. The van der Waals surface area contributed by atoms with Gasteiger partial charge < -0.3 is 24.0 Å². The summed E-state index contributed by atoms with van der Waals surface area (Å²) in [5.41, 5.74) is 3.44. The van der Waals surface area contributed by atoms with Crippen molar-refractivity contribution < 1.29 is 19.0 Å². The lowest BCUT2D eigenvalue weighted by Gasteiger charge is -2.39. The highest BCUT2D eigenvalue weighted by Gasteiger charge is 2.28. The van der Waals surface area contributed by atoms with Gasteiger partial charge >= 0.3 is 0 Å². The molecule has 2 aliphatic rings. The molecule has 0 aliphatic carbocycles. The SMILES string of the molecule is COc1ccc(CC(=O)N(Cc2ccc(C)cc2)C2CCN(CCC3OCCCO3)CC2)cc1. The lowest BCUT2D eigenvalue weighted by molar-refractivity contribution is -0.182. The molecule has 6 heteroatoms. The van der Waals surface area contributed by atoms with E-state index in [2.05, 4.69) is 41.0 Å². The number of carbonyl (C=O) groups is 1. The van der Waals surface area contributed by atoms with Crippen LogP contribution in [0.1, 0.15) is 42.4 Å². The van der Waals surface area contributed by atoms with Crippen molar-refractivity contribution in [1.29, 1.82) is 0 Å². The lowest BCUT2D eigenvalue weighted by atomic mass is 10.00. The number of amides is 1. The zero-order chi connectivity index (χ0) is 23.8. The standard InChI is InChI=1S/C28H38N2O4/c1-22-4-6-24(7-5-22)21-30(27(31)20-23-8-10-26(32-2)11-9-23)25-12-15-29(16-13-25)17-14-28-33-18-3-19-34-28/h4-11,25,28H,3,12-21H2,1-2H3. The number of hydrogen-bond acceptors (Lipinski definition) is 5. The topological polar surface area (TPSA) is 51.2 Å².